The molecule has 4 amide bonds. The van der Waals surface area contributed by atoms with E-state index in [-0.39, 0.29) is 57.3 Å². The summed E-state index contributed by atoms with van der Waals surface area (Å²) in [5, 5.41) is 12.0. The zero-order valence-corrected chi connectivity index (χ0v) is 38.5. The summed E-state index contributed by atoms with van der Waals surface area (Å²) in [5.41, 5.74) is 3.02. The zero-order chi connectivity index (χ0) is 46.5. The maximum atomic E-state index is 14.5. The van der Waals surface area contributed by atoms with E-state index in [2.05, 4.69) is 21.3 Å². The summed E-state index contributed by atoms with van der Waals surface area (Å²) in [6.07, 6.45) is 1.12. The normalized spacial score (nSPS) is 13.1. The molecule has 5 aromatic carbocycles. The van der Waals surface area contributed by atoms with Crippen LogP contribution in [0.25, 0.3) is 0 Å². The predicted molar refractivity (Wildman–Crippen MR) is 254 cm³/mol. The van der Waals surface area contributed by atoms with Crippen LogP contribution in [0.2, 0.25) is 0 Å². The third-order valence-electron chi connectivity index (χ3n) is 10.5. The van der Waals surface area contributed by atoms with E-state index < -0.39 is 49.2 Å². The first-order valence-electron chi connectivity index (χ1n) is 22.1. The SMILES string of the molecule is CCOP(=O)(/C=C/[C@H](CCC(=O)NC(c1ccccc1)(c1ccccc1)c1ccccc1)NC(=O)[C@H](Cc1ccccc1)NC(=O)[C@H](CC(C)C)NC(=O)OCc1ccccc1)OCC. The van der Waals surface area contributed by atoms with Crippen LogP contribution < -0.4 is 21.3 Å². The molecule has 0 aliphatic carbocycles. The molecule has 0 saturated heterocycles. The lowest BCUT2D eigenvalue weighted by molar-refractivity contribution is -0.130. The van der Waals surface area contributed by atoms with Crippen molar-refractivity contribution in [2.24, 2.45) is 5.92 Å². The molecule has 0 spiro atoms. The van der Waals surface area contributed by atoms with Gasteiger partial charge in [0.1, 0.15) is 24.2 Å². The fraction of sp³-hybridized carbons (Fsp3) is 0.308. The highest BCUT2D eigenvalue weighted by Gasteiger charge is 2.38. The molecular weight excluding hydrogens is 840 g/mol. The van der Waals surface area contributed by atoms with E-state index in [4.69, 9.17) is 13.8 Å². The van der Waals surface area contributed by atoms with Crippen molar-refractivity contribution in [3.8, 4) is 0 Å². The van der Waals surface area contributed by atoms with Crippen LogP contribution in [0.1, 0.15) is 74.8 Å². The third-order valence-corrected chi connectivity index (χ3v) is 12.3. The standard InChI is InChI=1S/C52H61N4O8P/c1-5-63-65(61,64-6-2)35-34-45(32-33-48(57)56-52(42-26-16-9-17-27-42,43-28-18-10-19-29-43)44-30-20-11-21-31-44)53-49(58)47(37-40-22-12-7-13-23-40)54-50(59)46(36-39(3)4)55-51(60)62-38-41-24-14-8-15-25-41/h7-31,34-35,39,45-47H,5-6,32-33,36-38H2,1-4H3,(H,53,58)(H,54,59)(H,55,60)(H,56,57)/b35-34+/t45-,46-,47-/m0/s1. The fourth-order valence-corrected chi connectivity index (χ4v) is 8.86. The van der Waals surface area contributed by atoms with Crippen molar-refractivity contribution in [3.63, 3.8) is 0 Å². The first kappa shape index (κ1) is 49.7. The second-order valence-electron chi connectivity index (χ2n) is 15.9. The number of hydrogen-bond donors (Lipinski definition) is 4. The summed E-state index contributed by atoms with van der Waals surface area (Å²) in [4.78, 5) is 56.0. The quantitative estimate of drug-likeness (QED) is 0.0352. The average molecular weight is 901 g/mol. The van der Waals surface area contributed by atoms with Crippen molar-refractivity contribution in [1.29, 1.82) is 0 Å². The summed E-state index contributed by atoms with van der Waals surface area (Å²) in [5.74, 6) is -0.156. The molecular formula is C52H61N4O8P. The Morgan fingerprint density at radius 1 is 0.615 bits per heavy atom. The lowest BCUT2D eigenvalue weighted by atomic mass is 9.77. The second-order valence-corrected chi connectivity index (χ2v) is 17.8. The molecule has 342 valence electrons. The molecule has 5 aromatic rings. The summed E-state index contributed by atoms with van der Waals surface area (Å²) in [6, 6.07) is 44.5. The number of carbonyl (C=O) groups excluding carboxylic acids is 4. The van der Waals surface area contributed by atoms with Gasteiger partial charge >= 0.3 is 13.7 Å². The van der Waals surface area contributed by atoms with Crippen molar-refractivity contribution in [1.82, 2.24) is 21.3 Å². The number of benzene rings is 5. The molecule has 0 aliphatic rings. The van der Waals surface area contributed by atoms with Crippen LogP contribution in [0.15, 0.2) is 164 Å². The van der Waals surface area contributed by atoms with E-state index in [9.17, 15) is 23.7 Å². The van der Waals surface area contributed by atoms with Crippen LogP contribution in [0.3, 0.4) is 0 Å². The van der Waals surface area contributed by atoms with Gasteiger partial charge in [0.25, 0.3) is 0 Å². The monoisotopic (exact) mass is 900 g/mol. The van der Waals surface area contributed by atoms with Crippen LogP contribution in [0.4, 0.5) is 4.79 Å². The summed E-state index contributed by atoms with van der Waals surface area (Å²) < 4.78 is 30.2. The third kappa shape index (κ3) is 15.1. The van der Waals surface area contributed by atoms with Gasteiger partial charge in [0.05, 0.1) is 13.2 Å². The molecule has 0 aromatic heterocycles. The summed E-state index contributed by atoms with van der Waals surface area (Å²) in [6.45, 7) is 7.47. The Balaban J connectivity index is 1.42. The van der Waals surface area contributed by atoms with Crippen LogP contribution in [0.5, 0.6) is 0 Å². The minimum Gasteiger partial charge on any atom is -0.445 e. The van der Waals surface area contributed by atoms with Gasteiger partial charge in [-0.05, 0) is 60.4 Å². The Hall–Kier alpha value is -6.33. The maximum Gasteiger partial charge on any atom is 0.408 e. The molecule has 0 radical (unpaired) electrons. The molecule has 4 N–H and O–H groups in total. The molecule has 5 rings (SSSR count). The molecule has 65 heavy (non-hydrogen) atoms. The molecule has 0 aliphatic heterocycles. The van der Waals surface area contributed by atoms with Crippen molar-refractivity contribution >= 4 is 31.4 Å². The molecule has 12 nitrogen and oxygen atoms in total. The average Bonchev–Trinajstić information content (AvgIpc) is 3.32. The van der Waals surface area contributed by atoms with E-state index >= 15 is 0 Å². The minimum absolute atomic E-state index is 0.00184. The highest BCUT2D eigenvalue weighted by Crippen LogP contribution is 2.49. The van der Waals surface area contributed by atoms with Crippen molar-refractivity contribution in [3.05, 3.63) is 191 Å². The van der Waals surface area contributed by atoms with Crippen LogP contribution in [-0.4, -0.2) is 55.2 Å². The van der Waals surface area contributed by atoms with Gasteiger partial charge in [-0.25, -0.2) is 4.79 Å². The number of nitrogens with one attached hydrogen (secondary N) is 4. The van der Waals surface area contributed by atoms with E-state index in [0.717, 1.165) is 27.8 Å². The van der Waals surface area contributed by atoms with Crippen LogP contribution >= 0.6 is 7.60 Å². The van der Waals surface area contributed by atoms with Gasteiger partial charge in [-0.1, -0.05) is 172 Å². The van der Waals surface area contributed by atoms with E-state index in [1.807, 2.05) is 166 Å². The highest BCUT2D eigenvalue weighted by molar-refractivity contribution is 7.57. The zero-order valence-electron chi connectivity index (χ0n) is 37.6. The Morgan fingerprint density at radius 2 is 1.08 bits per heavy atom. The largest absolute Gasteiger partial charge is 0.445 e. The first-order valence-corrected chi connectivity index (χ1v) is 23.7. The fourth-order valence-electron chi connectivity index (χ4n) is 7.47. The minimum atomic E-state index is -3.74. The van der Waals surface area contributed by atoms with Crippen molar-refractivity contribution in [2.45, 2.75) is 83.6 Å². The summed E-state index contributed by atoms with van der Waals surface area (Å²) >= 11 is 0. The number of hydrogen-bond acceptors (Lipinski definition) is 8. The number of rotatable bonds is 24. The van der Waals surface area contributed by atoms with Gasteiger partial charge in [0.15, 0.2) is 0 Å². The summed E-state index contributed by atoms with van der Waals surface area (Å²) in [7, 11) is -3.74. The second kappa shape index (κ2) is 25.2. The van der Waals surface area contributed by atoms with E-state index in [1.54, 1.807) is 13.8 Å². The van der Waals surface area contributed by atoms with Gasteiger partial charge in [-0.3, -0.25) is 18.9 Å². The molecule has 3 atom stereocenters. The lowest BCUT2D eigenvalue weighted by Crippen LogP contribution is -2.55. The van der Waals surface area contributed by atoms with Crippen molar-refractivity contribution < 1.29 is 37.5 Å². The Bertz CT molecular complexity index is 2210. The van der Waals surface area contributed by atoms with Gasteiger partial charge in [-0.15, -0.1) is 0 Å². The molecule has 0 heterocycles. The number of alkyl carbamates (subject to hydrolysis) is 1. The lowest BCUT2D eigenvalue weighted by Gasteiger charge is -2.37. The number of amides is 4. The molecule has 0 unspecified atom stereocenters. The first-order chi connectivity index (χ1) is 31.4. The Morgan fingerprint density at radius 3 is 1.55 bits per heavy atom. The maximum absolute atomic E-state index is 14.5. The van der Waals surface area contributed by atoms with Gasteiger partial charge in [0.2, 0.25) is 17.7 Å². The highest BCUT2D eigenvalue weighted by atomic mass is 31.2. The van der Waals surface area contributed by atoms with E-state index in [1.165, 1.54) is 11.9 Å². The molecule has 13 heteroatoms. The molecule has 0 fully saturated rings. The smallest absolute Gasteiger partial charge is 0.408 e. The predicted octanol–water partition coefficient (Wildman–Crippen LogP) is 9.21. The van der Waals surface area contributed by atoms with Gasteiger partial charge in [-0.2, -0.15) is 0 Å². The van der Waals surface area contributed by atoms with E-state index in [0.29, 0.717) is 0 Å². The molecule has 0 bridgehead atoms. The van der Waals surface area contributed by atoms with Crippen molar-refractivity contribution in [2.75, 3.05) is 13.2 Å². The van der Waals surface area contributed by atoms with Crippen LogP contribution in [-0.2, 0) is 51.3 Å². The Kier molecular flexibility index (Phi) is 19.3. The van der Waals surface area contributed by atoms with Crippen LogP contribution in [0, 0.1) is 5.92 Å². The topological polar surface area (TPSA) is 161 Å². The Labute approximate surface area is 383 Å². The van der Waals surface area contributed by atoms with Gasteiger partial charge in [0, 0.05) is 24.7 Å². The van der Waals surface area contributed by atoms with Gasteiger partial charge < -0.3 is 35.1 Å². The number of ether oxygens (including phenoxy) is 1. The molecule has 0 saturated carbocycles. The number of carbonyl (C=O) groups is 4.